The first-order valence-corrected chi connectivity index (χ1v) is 8.27. The molecule has 0 radical (unpaired) electrons. The van der Waals surface area contributed by atoms with Crippen molar-refractivity contribution in [1.29, 1.82) is 0 Å². The number of benzene rings is 1. The van der Waals surface area contributed by atoms with Gasteiger partial charge in [-0.05, 0) is 71.2 Å². The van der Waals surface area contributed by atoms with E-state index in [4.69, 9.17) is 11.6 Å². The van der Waals surface area contributed by atoms with Crippen LogP contribution in [0.2, 0.25) is 5.02 Å². The first-order chi connectivity index (χ1) is 9.02. The van der Waals surface area contributed by atoms with Crippen LogP contribution in [-0.2, 0) is 0 Å². The second kappa shape index (κ2) is 6.40. The van der Waals surface area contributed by atoms with Gasteiger partial charge in [-0.1, -0.05) is 24.6 Å². The maximum atomic E-state index is 6.19. The van der Waals surface area contributed by atoms with E-state index in [1.165, 1.54) is 16.0 Å². The molecule has 19 heavy (non-hydrogen) atoms. The highest BCUT2D eigenvalue weighted by Gasteiger charge is 2.18. The van der Waals surface area contributed by atoms with E-state index in [1.54, 1.807) is 11.3 Å². The molecule has 0 aliphatic rings. The van der Waals surface area contributed by atoms with Gasteiger partial charge < -0.3 is 5.32 Å². The summed E-state index contributed by atoms with van der Waals surface area (Å²) < 4.78 is 1.16. The van der Waals surface area contributed by atoms with Gasteiger partial charge in [-0.2, -0.15) is 0 Å². The van der Waals surface area contributed by atoms with E-state index in [2.05, 4.69) is 66.3 Å². The number of hydrogen-bond acceptors (Lipinski definition) is 2. The minimum Gasteiger partial charge on any atom is -0.306 e. The third-order valence-corrected chi connectivity index (χ3v) is 5.24. The SMILES string of the molecule is CCNC(c1ccc(Br)s1)c1cc(C)c(Cl)cc1C. The van der Waals surface area contributed by atoms with E-state index < -0.39 is 0 Å². The topological polar surface area (TPSA) is 12.0 Å². The van der Waals surface area contributed by atoms with Gasteiger partial charge in [0, 0.05) is 9.90 Å². The van der Waals surface area contributed by atoms with Gasteiger partial charge >= 0.3 is 0 Å². The number of hydrogen-bond donors (Lipinski definition) is 1. The molecule has 0 saturated heterocycles. The Bertz CT molecular complexity index is 580. The van der Waals surface area contributed by atoms with E-state index in [-0.39, 0.29) is 6.04 Å². The minimum atomic E-state index is 0.234. The lowest BCUT2D eigenvalue weighted by atomic mass is 9.97. The van der Waals surface area contributed by atoms with E-state index >= 15 is 0 Å². The molecule has 2 aromatic rings. The fourth-order valence-corrected chi connectivity index (χ4v) is 3.90. The van der Waals surface area contributed by atoms with Gasteiger partial charge in [0.05, 0.1) is 9.83 Å². The van der Waals surface area contributed by atoms with E-state index in [9.17, 15) is 0 Å². The third kappa shape index (κ3) is 3.40. The smallest absolute Gasteiger partial charge is 0.0702 e. The van der Waals surface area contributed by atoms with Crippen LogP contribution in [0.5, 0.6) is 0 Å². The van der Waals surface area contributed by atoms with Crippen molar-refractivity contribution < 1.29 is 0 Å². The molecule has 1 atom stereocenters. The van der Waals surface area contributed by atoms with Gasteiger partial charge in [-0.25, -0.2) is 0 Å². The first-order valence-electron chi connectivity index (χ1n) is 6.28. The summed E-state index contributed by atoms with van der Waals surface area (Å²) in [6.45, 7) is 7.24. The van der Waals surface area contributed by atoms with Crippen molar-refractivity contribution in [3.05, 3.63) is 54.6 Å². The Morgan fingerprint density at radius 2 is 2.00 bits per heavy atom. The minimum absolute atomic E-state index is 0.234. The molecule has 0 saturated carbocycles. The van der Waals surface area contributed by atoms with Gasteiger partial charge in [0.2, 0.25) is 0 Å². The summed E-state index contributed by atoms with van der Waals surface area (Å²) in [6, 6.07) is 8.75. The van der Waals surface area contributed by atoms with Gasteiger partial charge in [-0.15, -0.1) is 11.3 Å². The van der Waals surface area contributed by atoms with Gasteiger partial charge in [-0.3, -0.25) is 0 Å². The maximum Gasteiger partial charge on any atom is 0.0702 e. The van der Waals surface area contributed by atoms with Crippen LogP contribution < -0.4 is 5.32 Å². The van der Waals surface area contributed by atoms with Crippen molar-refractivity contribution in [3.63, 3.8) is 0 Å². The van der Waals surface area contributed by atoms with E-state index in [0.29, 0.717) is 0 Å². The molecule has 4 heteroatoms. The zero-order valence-corrected chi connectivity index (χ0v) is 14.4. The summed E-state index contributed by atoms with van der Waals surface area (Å²) in [4.78, 5) is 1.32. The van der Waals surface area contributed by atoms with E-state index in [1.807, 2.05) is 0 Å². The molecule has 1 aromatic heterocycles. The van der Waals surface area contributed by atoms with Gasteiger partial charge in [0.15, 0.2) is 0 Å². The molecular weight excluding hydrogens is 342 g/mol. The summed E-state index contributed by atoms with van der Waals surface area (Å²) >= 11 is 11.5. The number of rotatable bonds is 4. The lowest BCUT2D eigenvalue weighted by molar-refractivity contribution is 0.636. The molecule has 0 fully saturated rings. The van der Waals surface area contributed by atoms with Crippen LogP contribution in [0.25, 0.3) is 0 Å². The maximum absolute atomic E-state index is 6.19. The largest absolute Gasteiger partial charge is 0.306 e. The molecular formula is C15H17BrClNS. The summed E-state index contributed by atoms with van der Waals surface area (Å²) in [6.07, 6.45) is 0. The highest BCUT2D eigenvalue weighted by Crippen LogP contribution is 2.34. The Morgan fingerprint density at radius 1 is 1.26 bits per heavy atom. The summed E-state index contributed by atoms with van der Waals surface area (Å²) in [7, 11) is 0. The molecule has 1 heterocycles. The Labute approximate surface area is 132 Å². The average molecular weight is 359 g/mol. The molecule has 1 nitrogen and oxygen atoms in total. The van der Waals surface area contributed by atoms with Crippen LogP contribution in [-0.4, -0.2) is 6.54 Å². The quantitative estimate of drug-likeness (QED) is 0.763. The molecule has 102 valence electrons. The third-order valence-electron chi connectivity index (χ3n) is 3.15. The molecule has 0 aliphatic heterocycles. The summed E-state index contributed by atoms with van der Waals surface area (Å²) in [5, 5.41) is 4.40. The fourth-order valence-electron chi connectivity index (χ4n) is 2.17. The van der Waals surface area contributed by atoms with E-state index in [0.717, 1.165) is 20.9 Å². The Morgan fingerprint density at radius 3 is 2.58 bits per heavy atom. The predicted molar refractivity (Wildman–Crippen MR) is 88.5 cm³/mol. The Balaban J connectivity index is 2.47. The van der Waals surface area contributed by atoms with Crippen LogP contribution in [0.3, 0.4) is 0 Å². The number of halogens is 2. The van der Waals surface area contributed by atoms with Crippen molar-refractivity contribution in [2.24, 2.45) is 0 Å². The van der Waals surface area contributed by atoms with Crippen molar-refractivity contribution in [2.75, 3.05) is 6.54 Å². The highest BCUT2D eigenvalue weighted by molar-refractivity contribution is 9.11. The van der Waals surface area contributed by atoms with Crippen LogP contribution in [0, 0.1) is 13.8 Å². The monoisotopic (exact) mass is 357 g/mol. The second-order valence-corrected chi connectivity index (χ2v) is 7.49. The zero-order valence-electron chi connectivity index (χ0n) is 11.3. The van der Waals surface area contributed by atoms with Crippen molar-refractivity contribution >= 4 is 38.9 Å². The molecule has 1 N–H and O–H groups in total. The lowest BCUT2D eigenvalue weighted by Gasteiger charge is -2.20. The summed E-state index contributed by atoms with van der Waals surface area (Å²) in [5.41, 5.74) is 3.66. The van der Waals surface area contributed by atoms with Gasteiger partial charge in [0.25, 0.3) is 0 Å². The molecule has 0 bridgehead atoms. The molecule has 0 aliphatic carbocycles. The molecule has 0 spiro atoms. The number of aryl methyl sites for hydroxylation is 2. The van der Waals surface area contributed by atoms with Crippen LogP contribution >= 0.6 is 38.9 Å². The zero-order chi connectivity index (χ0) is 14.0. The lowest BCUT2D eigenvalue weighted by Crippen LogP contribution is -2.22. The standard InChI is InChI=1S/C15H17BrClNS/c1-4-18-15(13-5-6-14(16)19-13)11-7-10(3)12(17)8-9(11)2/h5-8,15,18H,4H2,1-3H3. The summed E-state index contributed by atoms with van der Waals surface area (Å²) in [5.74, 6) is 0. The fraction of sp³-hybridized carbons (Fsp3) is 0.333. The highest BCUT2D eigenvalue weighted by atomic mass is 79.9. The normalized spacial score (nSPS) is 12.7. The van der Waals surface area contributed by atoms with Crippen molar-refractivity contribution in [1.82, 2.24) is 5.32 Å². The van der Waals surface area contributed by atoms with Crippen LogP contribution in [0.1, 0.15) is 34.5 Å². The van der Waals surface area contributed by atoms with Crippen molar-refractivity contribution in [3.8, 4) is 0 Å². The molecule has 0 amide bonds. The van der Waals surface area contributed by atoms with Crippen LogP contribution in [0.4, 0.5) is 0 Å². The Kier molecular flexibility index (Phi) is 5.07. The van der Waals surface area contributed by atoms with Crippen LogP contribution in [0.15, 0.2) is 28.1 Å². The molecule has 1 aromatic carbocycles. The Hall–Kier alpha value is -0.350. The first kappa shape index (κ1) is 15.0. The average Bonchev–Trinajstić information content (AvgIpc) is 2.78. The predicted octanol–water partition coefficient (Wildman–Crippen LogP) is 5.48. The molecule has 1 unspecified atom stereocenters. The van der Waals surface area contributed by atoms with Crippen molar-refractivity contribution in [2.45, 2.75) is 26.8 Å². The second-order valence-electron chi connectivity index (χ2n) is 4.59. The number of thiophene rings is 1. The number of nitrogens with one attached hydrogen (secondary N) is 1. The molecule has 2 rings (SSSR count). The van der Waals surface area contributed by atoms with Gasteiger partial charge in [0.1, 0.15) is 0 Å².